The first-order valence-corrected chi connectivity index (χ1v) is 8.52. The van der Waals surface area contributed by atoms with Gasteiger partial charge in [0, 0.05) is 42.7 Å². The molecule has 0 bridgehead atoms. The van der Waals surface area contributed by atoms with Crippen LogP contribution in [0, 0.1) is 0 Å². The van der Waals surface area contributed by atoms with Gasteiger partial charge < -0.3 is 20.4 Å². The Morgan fingerprint density at radius 1 is 1.18 bits per heavy atom. The van der Waals surface area contributed by atoms with Crippen molar-refractivity contribution in [3.63, 3.8) is 0 Å². The van der Waals surface area contributed by atoms with E-state index in [0.29, 0.717) is 5.69 Å². The number of aromatic nitrogens is 2. The molecular formula is C19H18N4O5. The minimum Gasteiger partial charge on any atom is -0.511 e. The van der Waals surface area contributed by atoms with Crippen LogP contribution < -0.4 is 5.32 Å². The van der Waals surface area contributed by atoms with E-state index in [0.717, 1.165) is 11.1 Å². The molecule has 9 nitrogen and oxygen atoms in total. The molecule has 1 aliphatic heterocycles. The van der Waals surface area contributed by atoms with E-state index in [9.17, 15) is 19.5 Å². The first kappa shape index (κ1) is 19.0. The molecule has 0 atom stereocenters. The van der Waals surface area contributed by atoms with E-state index in [-0.39, 0.29) is 25.3 Å². The number of aliphatic hydroxyl groups excluding tert-OH is 1. The summed E-state index contributed by atoms with van der Waals surface area (Å²) in [6.45, 7) is -0.248. The van der Waals surface area contributed by atoms with E-state index in [1.807, 2.05) is 18.2 Å². The Bertz CT molecular complexity index is 925. The van der Waals surface area contributed by atoms with E-state index < -0.39 is 29.9 Å². The molecule has 3 N–H and O–H groups in total. The van der Waals surface area contributed by atoms with Crippen LogP contribution in [0.4, 0.5) is 0 Å². The number of hydrogen-bond acceptors (Lipinski definition) is 6. The maximum atomic E-state index is 12.6. The number of aliphatic hydroxyl groups is 1. The Hall–Kier alpha value is -3.75. The minimum absolute atomic E-state index is 0.106. The van der Waals surface area contributed by atoms with Crippen molar-refractivity contribution in [2.24, 2.45) is 0 Å². The summed E-state index contributed by atoms with van der Waals surface area (Å²) in [6, 6.07) is 7.37. The largest absolute Gasteiger partial charge is 0.511 e. The average Bonchev–Trinajstić information content (AvgIpc) is 2.70. The highest BCUT2D eigenvalue weighted by atomic mass is 16.4. The zero-order valence-corrected chi connectivity index (χ0v) is 14.8. The maximum absolute atomic E-state index is 12.6. The van der Waals surface area contributed by atoms with E-state index in [1.54, 1.807) is 24.7 Å². The van der Waals surface area contributed by atoms with Gasteiger partial charge in [-0.3, -0.25) is 24.4 Å². The van der Waals surface area contributed by atoms with Gasteiger partial charge in [-0.25, -0.2) is 0 Å². The zero-order valence-electron chi connectivity index (χ0n) is 14.8. The highest BCUT2D eigenvalue weighted by Gasteiger charge is 2.32. The molecule has 2 amide bonds. The van der Waals surface area contributed by atoms with E-state index in [2.05, 4.69) is 15.3 Å². The Morgan fingerprint density at radius 3 is 2.61 bits per heavy atom. The van der Waals surface area contributed by atoms with Crippen molar-refractivity contribution in [2.75, 3.05) is 13.1 Å². The van der Waals surface area contributed by atoms with Gasteiger partial charge in [-0.1, -0.05) is 12.1 Å². The van der Waals surface area contributed by atoms with Crippen molar-refractivity contribution in [3.8, 4) is 11.1 Å². The molecule has 9 heteroatoms. The molecule has 0 aromatic carbocycles. The third-order valence-corrected chi connectivity index (χ3v) is 4.21. The van der Waals surface area contributed by atoms with E-state index in [1.165, 1.54) is 4.90 Å². The second-order valence-corrected chi connectivity index (χ2v) is 6.15. The molecule has 2 aromatic rings. The second kappa shape index (κ2) is 8.30. The number of carbonyl (C=O) groups is 3. The summed E-state index contributed by atoms with van der Waals surface area (Å²) in [6.07, 6.45) is 5.19. The third kappa shape index (κ3) is 4.32. The number of amides is 2. The highest BCUT2D eigenvalue weighted by molar-refractivity contribution is 6.19. The van der Waals surface area contributed by atoms with Gasteiger partial charge in [0.25, 0.3) is 11.8 Å². The number of rotatable bonds is 6. The van der Waals surface area contributed by atoms with Crippen LogP contribution in [-0.4, -0.2) is 56.0 Å². The monoisotopic (exact) mass is 382 g/mol. The first-order chi connectivity index (χ1) is 13.5. The number of nitrogens with zero attached hydrogens (tertiary/aromatic N) is 3. The van der Waals surface area contributed by atoms with Gasteiger partial charge in [0.2, 0.25) is 0 Å². The lowest BCUT2D eigenvalue weighted by Crippen LogP contribution is -2.43. The molecule has 0 aliphatic carbocycles. The van der Waals surface area contributed by atoms with Crippen molar-refractivity contribution in [1.29, 1.82) is 0 Å². The number of aliphatic carboxylic acids is 1. The first-order valence-electron chi connectivity index (χ1n) is 8.52. The summed E-state index contributed by atoms with van der Waals surface area (Å²) in [7, 11) is 0. The number of nitrogens with one attached hydrogen (secondary N) is 1. The maximum Gasteiger partial charge on any atom is 0.322 e. The highest BCUT2D eigenvalue weighted by Crippen LogP contribution is 2.21. The van der Waals surface area contributed by atoms with Crippen LogP contribution in [0.2, 0.25) is 0 Å². The molecule has 0 unspecified atom stereocenters. The Labute approximate surface area is 160 Å². The van der Waals surface area contributed by atoms with Crippen molar-refractivity contribution in [2.45, 2.75) is 13.0 Å². The smallest absolute Gasteiger partial charge is 0.322 e. The minimum atomic E-state index is -1.24. The summed E-state index contributed by atoms with van der Waals surface area (Å²) in [5.41, 5.74) is 1.99. The van der Waals surface area contributed by atoms with Crippen molar-refractivity contribution < 1.29 is 24.6 Å². The lowest BCUT2D eigenvalue weighted by atomic mass is 10.1. The molecular weight excluding hydrogens is 364 g/mol. The van der Waals surface area contributed by atoms with Crippen LogP contribution in [0.1, 0.15) is 12.1 Å². The SMILES string of the molecule is O=C(O)CNC(=O)C1=C(O)CCN(Cc2ccc(-c3cccnc3)cn2)C1=O. The van der Waals surface area contributed by atoms with Gasteiger partial charge in [0.1, 0.15) is 17.9 Å². The predicted molar refractivity (Wildman–Crippen MR) is 97.8 cm³/mol. The molecule has 3 rings (SSSR count). The van der Waals surface area contributed by atoms with Crippen molar-refractivity contribution in [3.05, 3.63) is 59.9 Å². The molecule has 3 heterocycles. The molecule has 2 aromatic heterocycles. The number of carboxylic acid groups (broad SMARTS) is 1. The fraction of sp³-hybridized carbons (Fsp3) is 0.211. The van der Waals surface area contributed by atoms with Gasteiger partial charge in [0.05, 0.1) is 12.2 Å². The predicted octanol–water partition coefficient (Wildman–Crippen LogP) is 0.889. The van der Waals surface area contributed by atoms with E-state index in [4.69, 9.17) is 5.11 Å². The van der Waals surface area contributed by atoms with Gasteiger partial charge in [0.15, 0.2) is 0 Å². The average molecular weight is 382 g/mol. The lowest BCUT2D eigenvalue weighted by Gasteiger charge is -2.27. The van der Waals surface area contributed by atoms with Crippen molar-refractivity contribution in [1.82, 2.24) is 20.2 Å². The molecule has 144 valence electrons. The number of carboxylic acids is 1. The fourth-order valence-electron chi connectivity index (χ4n) is 2.79. The summed E-state index contributed by atoms with van der Waals surface area (Å²) >= 11 is 0. The van der Waals surface area contributed by atoms with Gasteiger partial charge in [-0.05, 0) is 12.1 Å². The van der Waals surface area contributed by atoms with Crippen LogP contribution in [0.5, 0.6) is 0 Å². The standard InChI is InChI=1S/C19H18N4O5/c24-15-5-7-23(19(28)17(15)18(27)22-10-16(25)26)11-14-4-3-13(9-21-14)12-2-1-6-20-8-12/h1-4,6,8-9,24H,5,7,10-11H2,(H,22,27)(H,25,26). The quantitative estimate of drug-likeness (QED) is 0.632. The van der Waals surface area contributed by atoms with Crippen molar-refractivity contribution >= 4 is 17.8 Å². The molecule has 0 saturated carbocycles. The van der Waals surface area contributed by atoms with Crippen LogP contribution in [-0.2, 0) is 20.9 Å². The van der Waals surface area contributed by atoms with Crippen LogP contribution in [0.15, 0.2) is 54.2 Å². The summed E-state index contributed by atoms with van der Waals surface area (Å²) in [5.74, 6) is -3.16. The van der Waals surface area contributed by atoms with Crippen LogP contribution >= 0.6 is 0 Å². The van der Waals surface area contributed by atoms with Gasteiger partial charge in [-0.2, -0.15) is 0 Å². The number of carbonyl (C=O) groups excluding carboxylic acids is 2. The number of pyridine rings is 2. The Morgan fingerprint density at radius 2 is 1.96 bits per heavy atom. The summed E-state index contributed by atoms with van der Waals surface area (Å²) in [4.78, 5) is 45.0. The molecule has 28 heavy (non-hydrogen) atoms. The molecule has 0 spiro atoms. The summed E-state index contributed by atoms with van der Waals surface area (Å²) < 4.78 is 0. The zero-order chi connectivity index (χ0) is 20.1. The second-order valence-electron chi connectivity index (χ2n) is 6.15. The normalized spacial score (nSPS) is 14.1. The fourth-order valence-corrected chi connectivity index (χ4v) is 2.79. The molecule has 0 radical (unpaired) electrons. The van der Waals surface area contributed by atoms with Gasteiger partial charge in [-0.15, -0.1) is 0 Å². The Balaban J connectivity index is 1.70. The number of hydrogen-bond donors (Lipinski definition) is 3. The summed E-state index contributed by atoms with van der Waals surface area (Å²) in [5, 5.41) is 20.7. The van der Waals surface area contributed by atoms with Crippen LogP contribution in [0.25, 0.3) is 11.1 Å². The van der Waals surface area contributed by atoms with E-state index >= 15 is 0 Å². The topological polar surface area (TPSA) is 133 Å². The molecule has 0 fully saturated rings. The Kier molecular flexibility index (Phi) is 5.64. The molecule has 0 saturated heterocycles. The van der Waals surface area contributed by atoms with Gasteiger partial charge >= 0.3 is 5.97 Å². The third-order valence-electron chi connectivity index (χ3n) is 4.21. The van der Waals surface area contributed by atoms with Crippen LogP contribution in [0.3, 0.4) is 0 Å². The molecule has 1 aliphatic rings. The lowest BCUT2D eigenvalue weighted by molar-refractivity contribution is -0.138.